The van der Waals surface area contributed by atoms with Crippen LogP contribution in [0.2, 0.25) is 0 Å². The van der Waals surface area contributed by atoms with Crippen LogP contribution in [0.4, 0.5) is 15.3 Å². The summed E-state index contributed by atoms with van der Waals surface area (Å²) in [5.74, 6) is 0.268. The van der Waals surface area contributed by atoms with Crippen LogP contribution in [-0.4, -0.2) is 73.3 Å². The number of urea groups is 1. The second-order valence-electron chi connectivity index (χ2n) is 7.47. The molecule has 9 nitrogen and oxygen atoms in total. The molecule has 1 aromatic carbocycles. The van der Waals surface area contributed by atoms with Crippen molar-refractivity contribution in [2.45, 2.75) is 26.4 Å². The van der Waals surface area contributed by atoms with Gasteiger partial charge in [-0.2, -0.15) is 0 Å². The van der Waals surface area contributed by atoms with Gasteiger partial charge in [-0.15, -0.1) is 0 Å². The lowest BCUT2D eigenvalue weighted by atomic mass is 10.2. The summed E-state index contributed by atoms with van der Waals surface area (Å²) in [6.45, 7) is 7.56. The molecule has 28 heavy (non-hydrogen) atoms. The number of carbonyl (C=O) groups is 3. The summed E-state index contributed by atoms with van der Waals surface area (Å²) in [5, 5.41) is 4.89. The smallest absolute Gasteiger partial charge is 0.410 e. The third kappa shape index (κ3) is 7.07. The number of benzene rings is 1. The van der Waals surface area contributed by atoms with Crippen LogP contribution in [0.5, 0.6) is 5.75 Å². The Bertz CT molecular complexity index is 691. The van der Waals surface area contributed by atoms with E-state index in [4.69, 9.17) is 9.47 Å². The largest absolute Gasteiger partial charge is 0.497 e. The third-order valence-electron chi connectivity index (χ3n) is 3.99. The van der Waals surface area contributed by atoms with Gasteiger partial charge in [0.05, 0.1) is 13.7 Å². The SMILES string of the molecule is COc1ccc(NC(=O)NC(=O)CN2CCN(C(=O)OC(C)(C)C)CC2)cc1. The first-order valence-corrected chi connectivity index (χ1v) is 9.11. The zero-order chi connectivity index (χ0) is 20.7. The Morgan fingerprint density at radius 3 is 2.18 bits per heavy atom. The van der Waals surface area contributed by atoms with Crippen LogP contribution < -0.4 is 15.4 Å². The average molecular weight is 392 g/mol. The van der Waals surface area contributed by atoms with E-state index in [1.807, 2.05) is 25.7 Å². The lowest BCUT2D eigenvalue weighted by molar-refractivity contribution is -0.121. The second kappa shape index (κ2) is 9.41. The van der Waals surface area contributed by atoms with Gasteiger partial charge in [-0.25, -0.2) is 9.59 Å². The predicted octanol–water partition coefficient (Wildman–Crippen LogP) is 1.90. The highest BCUT2D eigenvalue weighted by Crippen LogP contribution is 2.15. The number of amides is 4. The lowest BCUT2D eigenvalue weighted by Crippen LogP contribution is -2.52. The summed E-state index contributed by atoms with van der Waals surface area (Å²) in [5.41, 5.74) is 0.0165. The zero-order valence-corrected chi connectivity index (χ0v) is 16.8. The molecule has 154 valence electrons. The monoisotopic (exact) mass is 392 g/mol. The minimum atomic E-state index is -0.595. The summed E-state index contributed by atoms with van der Waals surface area (Å²) < 4.78 is 10.4. The number of piperazine rings is 1. The molecular formula is C19H28N4O5. The number of nitrogens with zero attached hydrogens (tertiary/aromatic N) is 2. The number of carbonyl (C=O) groups excluding carboxylic acids is 3. The molecule has 0 spiro atoms. The maximum atomic E-state index is 12.1. The van der Waals surface area contributed by atoms with Crippen LogP contribution >= 0.6 is 0 Å². The van der Waals surface area contributed by atoms with Gasteiger partial charge < -0.3 is 19.7 Å². The van der Waals surface area contributed by atoms with E-state index in [1.54, 1.807) is 36.3 Å². The molecule has 1 heterocycles. The van der Waals surface area contributed by atoms with E-state index in [-0.39, 0.29) is 12.6 Å². The van der Waals surface area contributed by atoms with Gasteiger partial charge >= 0.3 is 12.1 Å². The van der Waals surface area contributed by atoms with Gasteiger partial charge in [-0.05, 0) is 45.0 Å². The normalized spacial score (nSPS) is 14.9. The van der Waals surface area contributed by atoms with Gasteiger partial charge in [0.2, 0.25) is 5.91 Å². The number of anilines is 1. The fourth-order valence-electron chi connectivity index (χ4n) is 2.62. The maximum absolute atomic E-state index is 12.1. The summed E-state index contributed by atoms with van der Waals surface area (Å²) in [6, 6.07) is 6.18. The molecule has 0 aromatic heterocycles. The van der Waals surface area contributed by atoms with Crippen LogP contribution in [0.25, 0.3) is 0 Å². The van der Waals surface area contributed by atoms with Crippen molar-refractivity contribution in [3.8, 4) is 5.75 Å². The van der Waals surface area contributed by atoms with Crippen LogP contribution in [0.15, 0.2) is 24.3 Å². The van der Waals surface area contributed by atoms with E-state index in [0.717, 1.165) is 0 Å². The van der Waals surface area contributed by atoms with Crippen molar-refractivity contribution in [2.24, 2.45) is 0 Å². The highest BCUT2D eigenvalue weighted by atomic mass is 16.6. The van der Waals surface area contributed by atoms with E-state index in [1.165, 1.54) is 0 Å². The predicted molar refractivity (Wildman–Crippen MR) is 104 cm³/mol. The minimum Gasteiger partial charge on any atom is -0.497 e. The number of methoxy groups -OCH3 is 1. The molecule has 0 bridgehead atoms. The first-order chi connectivity index (χ1) is 13.2. The van der Waals surface area contributed by atoms with Crippen molar-refractivity contribution < 1.29 is 23.9 Å². The Hall–Kier alpha value is -2.81. The molecule has 0 radical (unpaired) electrons. The van der Waals surface area contributed by atoms with Crippen LogP contribution in [0.1, 0.15) is 20.8 Å². The van der Waals surface area contributed by atoms with Crippen molar-refractivity contribution >= 4 is 23.7 Å². The molecule has 0 saturated carbocycles. The molecule has 0 unspecified atom stereocenters. The summed E-state index contributed by atoms with van der Waals surface area (Å²) >= 11 is 0. The fraction of sp³-hybridized carbons (Fsp3) is 0.526. The number of rotatable bonds is 4. The number of imide groups is 1. The van der Waals surface area contributed by atoms with Gasteiger partial charge in [0.1, 0.15) is 11.4 Å². The summed E-state index contributed by atoms with van der Waals surface area (Å²) in [7, 11) is 1.56. The third-order valence-corrected chi connectivity index (χ3v) is 3.99. The summed E-state index contributed by atoms with van der Waals surface area (Å²) in [4.78, 5) is 39.6. The fourth-order valence-corrected chi connectivity index (χ4v) is 2.62. The first-order valence-electron chi connectivity index (χ1n) is 9.11. The van der Waals surface area contributed by atoms with Crippen molar-refractivity contribution in [1.29, 1.82) is 0 Å². The number of ether oxygens (including phenoxy) is 2. The molecular weight excluding hydrogens is 364 g/mol. The van der Waals surface area contributed by atoms with Gasteiger partial charge in [0.25, 0.3) is 0 Å². The molecule has 0 atom stereocenters. The van der Waals surface area contributed by atoms with Gasteiger partial charge in [0.15, 0.2) is 0 Å². The van der Waals surface area contributed by atoms with E-state index in [0.29, 0.717) is 37.6 Å². The van der Waals surface area contributed by atoms with Crippen LogP contribution in [-0.2, 0) is 9.53 Å². The van der Waals surface area contributed by atoms with E-state index in [9.17, 15) is 14.4 Å². The second-order valence-corrected chi connectivity index (χ2v) is 7.47. The number of nitrogens with one attached hydrogen (secondary N) is 2. The molecule has 9 heteroatoms. The Balaban J connectivity index is 1.72. The van der Waals surface area contributed by atoms with Gasteiger partial charge in [0, 0.05) is 31.9 Å². The molecule has 0 aliphatic carbocycles. The Morgan fingerprint density at radius 1 is 1.04 bits per heavy atom. The van der Waals surface area contributed by atoms with Crippen LogP contribution in [0.3, 0.4) is 0 Å². The minimum absolute atomic E-state index is 0.0815. The summed E-state index contributed by atoms with van der Waals surface area (Å²) in [6.07, 6.45) is -0.351. The molecule has 2 rings (SSSR count). The Kier molecular flexibility index (Phi) is 7.22. The molecule has 1 aliphatic rings. The van der Waals surface area contributed by atoms with Gasteiger partial charge in [-0.3, -0.25) is 15.0 Å². The molecule has 1 aliphatic heterocycles. The Labute approximate surface area is 165 Å². The average Bonchev–Trinajstić information content (AvgIpc) is 2.61. The highest BCUT2D eigenvalue weighted by molar-refractivity contribution is 6.01. The van der Waals surface area contributed by atoms with Gasteiger partial charge in [-0.1, -0.05) is 0 Å². The molecule has 2 N–H and O–H groups in total. The Morgan fingerprint density at radius 2 is 1.64 bits per heavy atom. The van der Waals surface area contributed by atoms with Crippen LogP contribution in [0, 0.1) is 0 Å². The standard InChI is InChI=1S/C19H28N4O5/c1-19(2,3)28-18(26)23-11-9-22(10-12-23)13-16(24)21-17(25)20-14-5-7-15(27-4)8-6-14/h5-8H,9-13H2,1-4H3,(H2,20,21,24,25). The van der Waals surface area contributed by atoms with E-state index in [2.05, 4.69) is 10.6 Å². The molecule has 1 aromatic rings. The van der Waals surface area contributed by atoms with Crippen molar-refractivity contribution in [1.82, 2.24) is 15.1 Å². The first kappa shape index (κ1) is 21.5. The zero-order valence-electron chi connectivity index (χ0n) is 16.8. The quantitative estimate of drug-likeness (QED) is 0.812. The molecule has 4 amide bonds. The maximum Gasteiger partial charge on any atom is 0.410 e. The number of hydrogen-bond donors (Lipinski definition) is 2. The van der Waals surface area contributed by atoms with E-state index < -0.39 is 17.5 Å². The van der Waals surface area contributed by atoms with Crippen molar-refractivity contribution in [2.75, 3.05) is 45.2 Å². The molecule has 1 saturated heterocycles. The molecule has 1 fully saturated rings. The van der Waals surface area contributed by atoms with Crippen molar-refractivity contribution in [3.05, 3.63) is 24.3 Å². The lowest BCUT2D eigenvalue weighted by Gasteiger charge is -2.35. The van der Waals surface area contributed by atoms with Crippen molar-refractivity contribution in [3.63, 3.8) is 0 Å². The van der Waals surface area contributed by atoms with E-state index >= 15 is 0 Å². The number of hydrogen-bond acceptors (Lipinski definition) is 6. The topological polar surface area (TPSA) is 100 Å². The highest BCUT2D eigenvalue weighted by Gasteiger charge is 2.26.